The molecule has 0 aromatic heterocycles. The molecule has 5 nitrogen and oxygen atoms in total. The van der Waals surface area contributed by atoms with Crippen LogP contribution in [-0.4, -0.2) is 26.7 Å². The van der Waals surface area contributed by atoms with Crippen molar-refractivity contribution >= 4 is 23.2 Å². The Hall–Kier alpha value is -1.46. The number of anilines is 1. The van der Waals surface area contributed by atoms with E-state index >= 15 is 0 Å². The predicted octanol–water partition coefficient (Wildman–Crippen LogP) is 2.81. The molecule has 0 unspecified atom stereocenters. The third-order valence-electron chi connectivity index (χ3n) is 4.16. The predicted molar refractivity (Wildman–Crippen MR) is 83.1 cm³/mol. The van der Waals surface area contributed by atoms with Crippen molar-refractivity contribution in [1.29, 1.82) is 0 Å². The highest BCUT2D eigenvalue weighted by atomic mass is 35.5. The van der Waals surface area contributed by atoms with Crippen molar-refractivity contribution in [1.82, 2.24) is 0 Å². The molecule has 1 amide bonds. The quantitative estimate of drug-likeness (QED) is 0.877. The Morgan fingerprint density at radius 2 is 1.90 bits per heavy atom. The molecule has 21 heavy (non-hydrogen) atoms. The minimum absolute atomic E-state index is 0.0676. The van der Waals surface area contributed by atoms with Gasteiger partial charge in [-0.15, -0.1) is 0 Å². The highest BCUT2D eigenvalue weighted by Crippen LogP contribution is 2.40. The number of hydrogen-bond acceptors (Lipinski definition) is 4. The fourth-order valence-corrected chi connectivity index (χ4v) is 3.03. The van der Waals surface area contributed by atoms with Crippen LogP contribution in [0.5, 0.6) is 11.5 Å². The van der Waals surface area contributed by atoms with Crippen molar-refractivity contribution < 1.29 is 14.3 Å². The van der Waals surface area contributed by atoms with Crippen molar-refractivity contribution in [2.24, 2.45) is 11.1 Å². The molecule has 0 saturated heterocycles. The summed E-state index contributed by atoms with van der Waals surface area (Å²) in [6.07, 6.45) is 3.71. The Morgan fingerprint density at radius 1 is 1.29 bits per heavy atom. The van der Waals surface area contributed by atoms with Gasteiger partial charge in [0.25, 0.3) is 0 Å². The zero-order valence-electron chi connectivity index (χ0n) is 12.4. The first-order valence-electron chi connectivity index (χ1n) is 6.99. The van der Waals surface area contributed by atoms with E-state index in [1.807, 2.05) is 0 Å². The van der Waals surface area contributed by atoms with Gasteiger partial charge in [-0.3, -0.25) is 4.79 Å². The molecule has 0 bridgehead atoms. The lowest BCUT2D eigenvalue weighted by Gasteiger charge is -2.26. The molecule has 1 aliphatic carbocycles. The van der Waals surface area contributed by atoms with Crippen LogP contribution in [0.1, 0.15) is 25.7 Å². The maximum absolute atomic E-state index is 12.6. The highest BCUT2D eigenvalue weighted by molar-refractivity contribution is 6.32. The Balaban J connectivity index is 2.26. The number of carbonyl (C=O) groups is 1. The van der Waals surface area contributed by atoms with E-state index in [0.717, 1.165) is 25.7 Å². The second-order valence-corrected chi connectivity index (χ2v) is 5.74. The van der Waals surface area contributed by atoms with E-state index in [1.165, 1.54) is 14.2 Å². The Morgan fingerprint density at radius 3 is 2.43 bits per heavy atom. The van der Waals surface area contributed by atoms with Crippen molar-refractivity contribution in [3.05, 3.63) is 17.2 Å². The fraction of sp³-hybridized carbons (Fsp3) is 0.533. The lowest BCUT2D eigenvalue weighted by molar-refractivity contribution is -0.124. The first-order valence-corrected chi connectivity index (χ1v) is 7.37. The average molecular weight is 313 g/mol. The molecular weight excluding hydrogens is 292 g/mol. The third-order valence-corrected chi connectivity index (χ3v) is 4.45. The molecule has 1 aromatic carbocycles. The van der Waals surface area contributed by atoms with E-state index in [-0.39, 0.29) is 5.91 Å². The molecule has 0 spiro atoms. The fourth-order valence-electron chi connectivity index (χ4n) is 2.79. The van der Waals surface area contributed by atoms with Crippen LogP contribution in [-0.2, 0) is 4.79 Å². The summed E-state index contributed by atoms with van der Waals surface area (Å²) in [6, 6.07) is 3.29. The molecule has 1 aromatic rings. The van der Waals surface area contributed by atoms with Gasteiger partial charge in [-0.05, 0) is 18.9 Å². The number of ether oxygens (including phenoxy) is 2. The summed E-state index contributed by atoms with van der Waals surface area (Å²) in [5, 5.41) is 3.32. The van der Waals surface area contributed by atoms with Gasteiger partial charge in [-0.25, -0.2) is 0 Å². The van der Waals surface area contributed by atoms with Gasteiger partial charge in [0, 0.05) is 12.6 Å². The number of nitrogens with two attached hydrogens (primary N) is 1. The Bertz CT molecular complexity index is 528. The van der Waals surface area contributed by atoms with Gasteiger partial charge in [-0.2, -0.15) is 0 Å². The molecule has 6 heteroatoms. The minimum Gasteiger partial charge on any atom is -0.495 e. The molecule has 2 rings (SSSR count). The SMILES string of the molecule is COc1cc(OC)c(NC(=O)C2(CN)CCCC2)cc1Cl. The van der Waals surface area contributed by atoms with E-state index in [1.54, 1.807) is 12.1 Å². The number of rotatable bonds is 5. The van der Waals surface area contributed by atoms with Gasteiger partial charge in [0.15, 0.2) is 0 Å². The van der Waals surface area contributed by atoms with E-state index in [9.17, 15) is 4.79 Å². The number of halogens is 1. The topological polar surface area (TPSA) is 73.6 Å². The van der Waals surface area contributed by atoms with Crippen LogP contribution >= 0.6 is 11.6 Å². The molecule has 116 valence electrons. The van der Waals surface area contributed by atoms with Crippen LogP contribution in [0.3, 0.4) is 0 Å². The van der Waals surface area contributed by atoms with Gasteiger partial charge < -0.3 is 20.5 Å². The van der Waals surface area contributed by atoms with Crippen LogP contribution in [0.2, 0.25) is 5.02 Å². The number of benzene rings is 1. The second kappa shape index (κ2) is 6.54. The zero-order valence-corrected chi connectivity index (χ0v) is 13.1. The maximum atomic E-state index is 12.6. The van der Waals surface area contributed by atoms with Gasteiger partial charge in [-0.1, -0.05) is 24.4 Å². The highest BCUT2D eigenvalue weighted by Gasteiger charge is 2.40. The standard InChI is InChI=1S/C15H21ClN2O3/c1-20-12-8-13(21-2)11(7-10(12)16)18-14(19)15(9-17)5-3-4-6-15/h7-8H,3-6,9,17H2,1-2H3,(H,18,19). The van der Waals surface area contributed by atoms with Crippen LogP contribution in [0.4, 0.5) is 5.69 Å². The monoisotopic (exact) mass is 312 g/mol. The molecular formula is C15H21ClN2O3. The summed E-state index contributed by atoms with van der Waals surface area (Å²) < 4.78 is 10.4. The van der Waals surface area contributed by atoms with Gasteiger partial charge in [0.1, 0.15) is 11.5 Å². The molecule has 0 heterocycles. The van der Waals surface area contributed by atoms with Crippen LogP contribution in [0.25, 0.3) is 0 Å². The van der Waals surface area contributed by atoms with E-state index in [4.69, 9.17) is 26.8 Å². The Kier molecular flexibility index (Phi) is 4.96. The molecule has 3 N–H and O–H groups in total. The van der Waals surface area contributed by atoms with Crippen LogP contribution in [0, 0.1) is 5.41 Å². The summed E-state index contributed by atoms with van der Waals surface area (Å²) in [7, 11) is 3.06. The van der Waals surface area contributed by atoms with Crippen molar-refractivity contribution in [3.63, 3.8) is 0 Å². The largest absolute Gasteiger partial charge is 0.495 e. The molecule has 0 atom stereocenters. The normalized spacial score (nSPS) is 16.6. The lowest BCUT2D eigenvalue weighted by Crippen LogP contribution is -2.40. The maximum Gasteiger partial charge on any atom is 0.231 e. The molecule has 0 radical (unpaired) electrons. The summed E-state index contributed by atoms with van der Waals surface area (Å²) >= 11 is 6.11. The van der Waals surface area contributed by atoms with Crippen molar-refractivity contribution in [2.45, 2.75) is 25.7 Å². The van der Waals surface area contributed by atoms with Crippen LogP contribution in [0.15, 0.2) is 12.1 Å². The summed E-state index contributed by atoms with van der Waals surface area (Å²) in [4.78, 5) is 12.6. The average Bonchev–Trinajstić information content (AvgIpc) is 2.97. The third kappa shape index (κ3) is 3.09. The number of nitrogens with one attached hydrogen (secondary N) is 1. The molecule has 1 aliphatic rings. The zero-order chi connectivity index (χ0) is 15.5. The number of methoxy groups -OCH3 is 2. The number of carbonyl (C=O) groups excluding carboxylic acids is 1. The van der Waals surface area contributed by atoms with E-state index in [0.29, 0.717) is 28.8 Å². The summed E-state index contributed by atoms with van der Waals surface area (Å²) in [5.41, 5.74) is 5.89. The summed E-state index contributed by atoms with van der Waals surface area (Å²) in [5.74, 6) is 0.942. The lowest BCUT2D eigenvalue weighted by atomic mass is 9.85. The first-order chi connectivity index (χ1) is 10.1. The van der Waals surface area contributed by atoms with Gasteiger partial charge in [0.05, 0.1) is 30.3 Å². The first kappa shape index (κ1) is 15.9. The molecule has 1 fully saturated rings. The van der Waals surface area contributed by atoms with Crippen molar-refractivity contribution in [3.8, 4) is 11.5 Å². The van der Waals surface area contributed by atoms with E-state index < -0.39 is 5.41 Å². The van der Waals surface area contributed by atoms with Crippen LogP contribution < -0.4 is 20.5 Å². The van der Waals surface area contributed by atoms with Gasteiger partial charge >= 0.3 is 0 Å². The summed E-state index contributed by atoms with van der Waals surface area (Å²) in [6.45, 7) is 0.352. The smallest absolute Gasteiger partial charge is 0.231 e. The number of hydrogen-bond donors (Lipinski definition) is 2. The second-order valence-electron chi connectivity index (χ2n) is 5.33. The van der Waals surface area contributed by atoms with Gasteiger partial charge in [0.2, 0.25) is 5.91 Å². The Labute approximate surface area is 129 Å². The van der Waals surface area contributed by atoms with Crippen molar-refractivity contribution in [2.75, 3.05) is 26.1 Å². The molecule has 1 saturated carbocycles. The number of amides is 1. The van der Waals surface area contributed by atoms with E-state index in [2.05, 4.69) is 5.32 Å². The molecule has 0 aliphatic heterocycles. The minimum atomic E-state index is -0.475.